The third kappa shape index (κ3) is 4.72. The molecule has 2 aromatic carbocycles. The summed E-state index contributed by atoms with van der Waals surface area (Å²) in [5.74, 6) is 1.16. The summed E-state index contributed by atoms with van der Waals surface area (Å²) in [4.78, 5) is 27.9. The van der Waals surface area contributed by atoms with Crippen molar-refractivity contribution in [2.45, 2.75) is 19.4 Å². The molecular weight excluding hydrogens is 412 g/mol. The Labute approximate surface area is 185 Å². The largest absolute Gasteiger partial charge is 0.493 e. The van der Waals surface area contributed by atoms with E-state index in [-0.39, 0.29) is 18.2 Å². The van der Waals surface area contributed by atoms with Crippen molar-refractivity contribution in [1.82, 2.24) is 4.90 Å². The summed E-state index contributed by atoms with van der Waals surface area (Å²) in [6, 6.07) is 15.1. The molecule has 2 amide bonds. The number of nitrogens with zero attached hydrogens (tertiary/aromatic N) is 1. The summed E-state index contributed by atoms with van der Waals surface area (Å²) in [6.07, 6.45) is 1.03. The molecule has 4 rings (SSSR count). The van der Waals surface area contributed by atoms with Gasteiger partial charge < -0.3 is 19.7 Å². The molecule has 0 aliphatic carbocycles. The minimum Gasteiger partial charge on any atom is -0.493 e. The maximum absolute atomic E-state index is 12.7. The molecule has 2 heterocycles. The lowest BCUT2D eigenvalue weighted by Crippen LogP contribution is -2.35. The Morgan fingerprint density at radius 3 is 2.61 bits per heavy atom. The molecule has 3 aromatic rings. The van der Waals surface area contributed by atoms with Gasteiger partial charge in [0.2, 0.25) is 5.91 Å². The van der Waals surface area contributed by atoms with Crippen LogP contribution in [-0.2, 0) is 24.2 Å². The van der Waals surface area contributed by atoms with Crippen LogP contribution in [0.5, 0.6) is 11.5 Å². The average molecular weight is 437 g/mol. The highest BCUT2D eigenvalue weighted by Gasteiger charge is 2.22. The van der Waals surface area contributed by atoms with Gasteiger partial charge in [0, 0.05) is 18.8 Å². The minimum absolute atomic E-state index is 0.0588. The standard InChI is InChI=1S/C24H24N2O4S/c1-29-20-8-5-16(12-21(20)30-2)13-23(27)25-19-7-6-17-9-10-26(15-18(17)14-19)24(28)22-4-3-11-31-22/h3-8,11-12,14H,9-10,13,15H2,1-2H3,(H,25,27). The number of benzene rings is 2. The number of fused-ring (bicyclic) bond motifs is 1. The van der Waals surface area contributed by atoms with Crippen LogP contribution in [0.1, 0.15) is 26.4 Å². The number of carbonyl (C=O) groups is 2. The van der Waals surface area contributed by atoms with Crippen LogP contribution in [0.2, 0.25) is 0 Å². The molecule has 0 atom stereocenters. The lowest BCUT2D eigenvalue weighted by molar-refractivity contribution is -0.115. The van der Waals surface area contributed by atoms with Crippen molar-refractivity contribution in [1.29, 1.82) is 0 Å². The molecule has 1 aliphatic rings. The number of methoxy groups -OCH3 is 2. The van der Waals surface area contributed by atoms with Crippen LogP contribution in [0.25, 0.3) is 0 Å². The number of amides is 2. The fraction of sp³-hybridized carbons (Fsp3) is 0.250. The Hall–Kier alpha value is -3.32. The van der Waals surface area contributed by atoms with Crippen molar-refractivity contribution in [3.05, 3.63) is 75.5 Å². The van der Waals surface area contributed by atoms with Crippen LogP contribution < -0.4 is 14.8 Å². The van der Waals surface area contributed by atoms with Crippen LogP contribution in [-0.4, -0.2) is 37.5 Å². The van der Waals surface area contributed by atoms with Crippen molar-refractivity contribution >= 4 is 28.8 Å². The van der Waals surface area contributed by atoms with Crippen molar-refractivity contribution < 1.29 is 19.1 Å². The second-order valence-corrected chi connectivity index (χ2v) is 8.30. The number of thiophene rings is 1. The van der Waals surface area contributed by atoms with E-state index in [4.69, 9.17) is 9.47 Å². The molecule has 6 nitrogen and oxygen atoms in total. The average Bonchev–Trinajstić information content (AvgIpc) is 3.33. The van der Waals surface area contributed by atoms with Crippen LogP contribution in [0.15, 0.2) is 53.9 Å². The number of anilines is 1. The quantitative estimate of drug-likeness (QED) is 0.631. The van der Waals surface area contributed by atoms with E-state index in [0.29, 0.717) is 24.6 Å². The number of hydrogen-bond acceptors (Lipinski definition) is 5. The highest BCUT2D eigenvalue weighted by atomic mass is 32.1. The van der Waals surface area contributed by atoms with Crippen molar-refractivity contribution in [2.24, 2.45) is 0 Å². The molecule has 160 valence electrons. The maximum Gasteiger partial charge on any atom is 0.264 e. The first-order valence-corrected chi connectivity index (χ1v) is 10.9. The number of rotatable bonds is 6. The molecule has 7 heteroatoms. The molecule has 0 saturated carbocycles. The molecule has 0 radical (unpaired) electrons. The highest BCUT2D eigenvalue weighted by Crippen LogP contribution is 2.28. The molecule has 0 saturated heterocycles. The SMILES string of the molecule is COc1ccc(CC(=O)Nc2ccc3c(c2)CN(C(=O)c2cccs2)CC3)cc1OC. The molecule has 1 aliphatic heterocycles. The van der Waals surface area contributed by atoms with Crippen LogP contribution in [0, 0.1) is 0 Å². The minimum atomic E-state index is -0.116. The van der Waals surface area contributed by atoms with Crippen molar-refractivity contribution in [3.63, 3.8) is 0 Å². The number of carbonyl (C=O) groups excluding carboxylic acids is 2. The van der Waals surface area contributed by atoms with Gasteiger partial charge in [0.1, 0.15) is 0 Å². The Morgan fingerprint density at radius 2 is 1.87 bits per heavy atom. The molecule has 0 unspecified atom stereocenters. The van der Waals surface area contributed by atoms with Gasteiger partial charge in [-0.15, -0.1) is 11.3 Å². The second-order valence-electron chi connectivity index (χ2n) is 7.35. The zero-order valence-electron chi connectivity index (χ0n) is 17.5. The smallest absolute Gasteiger partial charge is 0.264 e. The molecule has 0 bridgehead atoms. The number of ether oxygens (including phenoxy) is 2. The Kier molecular flexibility index (Phi) is 6.23. The van der Waals surface area contributed by atoms with E-state index in [1.54, 1.807) is 26.4 Å². The Bertz CT molecular complexity index is 1090. The fourth-order valence-corrected chi connectivity index (χ4v) is 4.44. The van der Waals surface area contributed by atoms with E-state index in [9.17, 15) is 9.59 Å². The summed E-state index contributed by atoms with van der Waals surface area (Å²) >= 11 is 1.46. The summed E-state index contributed by atoms with van der Waals surface area (Å²) in [6.45, 7) is 1.25. The third-order valence-electron chi connectivity index (χ3n) is 5.33. The Morgan fingerprint density at radius 1 is 1.03 bits per heavy atom. The van der Waals surface area contributed by atoms with Gasteiger partial charge in [-0.05, 0) is 58.8 Å². The summed E-state index contributed by atoms with van der Waals surface area (Å²) in [7, 11) is 3.15. The lowest BCUT2D eigenvalue weighted by atomic mass is 9.98. The fourth-order valence-electron chi connectivity index (χ4n) is 3.75. The zero-order valence-corrected chi connectivity index (χ0v) is 18.3. The van der Waals surface area contributed by atoms with Gasteiger partial charge in [0.25, 0.3) is 5.91 Å². The van der Waals surface area contributed by atoms with E-state index < -0.39 is 0 Å². The monoisotopic (exact) mass is 436 g/mol. The van der Waals surface area contributed by atoms with Crippen molar-refractivity contribution in [2.75, 3.05) is 26.1 Å². The van der Waals surface area contributed by atoms with Crippen LogP contribution in [0.3, 0.4) is 0 Å². The van der Waals surface area contributed by atoms with Gasteiger partial charge in [-0.1, -0.05) is 18.2 Å². The topological polar surface area (TPSA) is 67.9 Å². The summed E-state index contributed by atoms with van der Waals surface area (Å²) in [5.41, 5.74) is 3.85. The molecule has 1 N–H and O–H groups in total. The summed E-state index contributed by atoms with van der Waals surface area (Å²) in [5, 5.41) is 4.88. The molecular formula is C24H24N2O4S. The van der Waals surface area contributed by atoms with Crippen LogP contribution >= 0.6 is 11.3 Å². The first kappa shape index (κ1) is 20.9. The molecule has 0 fully saturated rings. The summed E-state index contributed by atoms with van der Waals surface area (Å²) < 4.78 is 10.5. The van der Waals surface area contributed by atoms with E-state index in [1.165, 1.54) is 16.9 Å². The van der Waals surface area contributed by atoms with E-state index in [0.717, 1.165) is 28.1 Å². The number of hydrogen-bond donors (Lipinski definition) is 1. The van der Waals surface area contributed by atoms with E-state index in [2.05, 4.69) is 5.32 Å². The van der Waals surface area contributed by atoms with Gasteiger partial charge in [-0.3, -0.25) is 9.59 Å². The first-order chi connectivity index (χ1) is 15.1. The maximum atomic E-state index is 12.7. The Balaban J connectivity index is 1.43. The van der Waals surface area contributed by atoms with Gasteiger partial charge in [0.05, 0.1) is 25.5 Å². The van der Waals surface area contributed by atoms with Gasteiger partial charge in [-0.2, -0.15) is 0 Å². The third-order valence-corrected chi connectivity index (χ3v) is 6.19. The predicted molar refractivity (Wildman–Crippen MR) is 121 cm³/mol. The van der Waals surface area contributed by atoms with Crippen molar-refractivity contribution in [3.8, 4) is 11.5 Å². The highest BCUT2D eigenvalue weighted by molar-refractivity contribution is 7.12. The molecule has 31 heavy (non-hydrogen) atoms. The lowest BCUT2D eigenvalue weighted by Gasteiger charge is -2.29. The number of nitrogens with one attached hydrogen (secondary N) is 1. The second kappa shape index (κ2) is 9.22. The van der Waals surface area contributed by atoms with E-state index >= 15 is 0 Å². The first-order valence-electron chi connectivity index (χ1n) is 10.0. The molecule has 0 spiro atoms. The van der Waals surface area contributed by atoms with Crippen LogP contribution in [0.4, 0.5) is 5.69 Å². The van der Waals surface area contributed by atoms with Gasteiger partial charge in [0.15, 0.2) is 11.5 Å². The predicted octanol–water partition coefficient (Wildman–Crippen LogP) is 4.15. The normalized spacial score (nSPS) is 12.8. The van der Waals surface area contributed by atoms with Gasteiger partial charge >= 0.3 is 0 Å². The molecule has 1 aromatic heterocycles. The zero-order chi connectivity index (χ0) is 21.8. The van der Waals surface area contributed by atoms with E-state index in [1.807, 2.05) is 46.7 Å². The van der Waals surface area contributed by atoms with Gasteiger partial charge in [-0.25, -0.2) is 0 Å².